The Morgan fingerprint density at radius 1 is 1.02 bits per heavy atom. The minimum Gasteiger partial charge on any atom is -0.465 e. The van der Waals surface area contributed by atoms with Gasteiger partial charge < -0.3 is 24.8 Å². The van der Waals surface area contributed by atoms with Gasteiger partial charge in [-0.25, -0.2) is 4.79 Å². The molecule has 3 heterocycles. The van der Waals surface area contributed by atoms with E-state index in [-0.39, 0.29) is 24.4 Å². The lowest BCUT2D eigenvalue weighted by Crippen LogP contribution is -2.33. The Labute approximate surface area is 251 Å². The van der Waals surface area contributed by atoms with Crippen LogP contribution in [0.4, 0.5) is 5.69 Å². The number of nitrogens with zero attached hydrogens (tertiary/aromatic N) is 3. The molecule has 4 aromatic rings. The van der Waals surface area contributed by atoms with E-state index in [1.54, 1.807) is 12.3 Å². The van der Waals surface area contributed by atoms with Crippen molar-refractivity contribution in [3.05, 3.63) is 112 Å². The highest BCUT2D eigenvalue weighted by Gasteiger charge is 2.41. The molecule has 8 nitrogen and oxygen atoms in total. The third-order valence-corrected chi connectivity index (χ3v) is 8.14. The number of aryl methyl sites for hydroxylation is 3. The van der Waals surface area contributed by atoms with Crippen LogP contribution in [0, 0.1) is 27.7 Å². The zero-order chi connectivity index (χ0) is 30.0. The number of anilines is 1. The van der Waals surface area contributed by atoms with Crippen molar-refractivity contribution < 1.29 is 14.3 Å². The molecule has 2 atom stereocenters. The zero-order valence-corrected chi connectivity index (χ0v) is 25.3. The molecule has 1 aliphatic rings. The average Bonchev–Trinajstić information content (AvgIpc) is 3.47. The van der Waals surface area contributed by atoms with E-state index in [9.17, 15) is 9.59 Å². The number of amides is 1. The van der Waals surface area contributed by atoms with Crippen LogP contribution in [-0.4, -0.2) is 45.1 Å². The summed E-state index contributed by atoms with van der Waals surface area (Å²) in [6.07, 6.45) is 2.03. The summed E-state index contributed by atoms with van der Waals surface area (Å²) >= 11 is 5.85. The van der Waals surface area contributed by atoms with E-state index < -0.39 is 5.97 Å². The van der Waals surface area contributed by atoms with E-state index >= 15 is 0 Å². The van der Waals surface area contributed by atoms with Gasteiger partial charge >= 0.3 is 5.97 Å². The minimum absolute atomic E-state index is 0.0796. The Morgan fingerprint density at radius 3 is 2.52 bits per heavy atom. The normalized spacial score (nSPS) is 16.3. The van der Waals surface area contributed by atoms with Crippen LogP contribution >= 0.6 is 12.2 Å². The molecule has 0 spiro atoms. The predicted molar refractivity (Wildman–Crippen MR) is 168 cm³/mol. The maximum atomic E-state index is 13.1. The topological polar surface area (TPSA) is 88.5 Å². The van der Waals surface area contributed by atoms with Crippen molar-refractivity contribution in [1.29, 1.82) is 0 Å². The summed E-state index contributed by atoms with van der Waals surface area (Å²) in [6.45, 7) is 8.46. The molecular formula is C33H35N5O3S. The summed E-state index contributed by atoms with van der Waals surface area (Å²) in [5, 5.41) is 7.10. The van der Waals surface area contributed by atoms with E-state index in [2.05, 4.69) is 31.2 Å². The average molecular weight is 582 g/mol. The Hall–Kier alpha value is -4.50. The van der Waals surface area contributed by atoms with Gasteiger partial charge in [0.1, 0.15) is 0 Å². The fourth-order valence-electron chi connectivity index (χ4n) is 5.70. The smallest absolute Gasteiger partial charge is 0.339 e. The van der Waals surface area contributed by atoms with Gasteiger partial charge in [0.25, 0.3) is 0 Å². The van der Waals surface area contributed by atoms with Crippen LogP contribution in [0.3, 0.4) is 0 Å². The number of methoxy groups -OCH3 is 1. The van der Waals surface area contributed by atoms with Crippen LogP contribution in [0.15, 0.2) is 72.9 Å². The summed E-state index contributed by atoms with van der Waals surface area (Å²) < 4.78 is 7.14. The standard InChI is InChI=1S/C33H35N5O3S/c1-20-13-14-21(2)27(18-20)35-29(39)15-17-37-31(30(36-33(37)42)26-11-8-9-16-34-26)25-19-22(3)38(23(25)4)28-12-7-6-10-24(28)32(40)41-5/h6-14,16,18-19,30-31H,15,17H2,1-5H3,(H,35,39)(H,36,42). The molecular weight excluding hydrogens is 546 g/mol. The number of para-hydroxylation sites is 1. The highest BCUT2D eigenvalue weighted by molar-refractivity contribution is 7.80. The quantitative estimate of drug-likeness (QED) is 0.198. The van der Waals surface area contributed by atoms with Crippen LogP contribution < -0.4 is 10.6 Å². The van der Waals surface area contributed by atoms with Gasteiger partial charge in [-0.2, -0.15) is 0 Å². The van der Waals surface area contributed by atoms with Crippen LogP contribution in [0.1, 0.15) is 62.6 Å². The van der Waals surface area contributed by atoms with E-state index in [1.165, 1.54) is 7.11 Å². The number of hydrogen-bond donors (Lipinski definition) is 2. The van der Waals surface area contributed by atoms with Crippen LogP contribution in [0.25, 0.3) is 5.69 Å². The Balaban J connectivity index is 1.50. The van der Waals surface area contributed by atoms with Gasteiger partial charge in [-0.3, -0.25) is 9.78 Å². The number of thiocarbonyl (C=S) groups is 1. The first-order valence-corrected chi connectivity index (χ1v) is 14.3. The van der Waals surface area contributed by atoms with E-state index in [0.717, 1.165) is 45.1 Å². The minimum atomic E-state index is -0.397. The van der Waals surface area contributed by atoms with Gasteiger partial charge in [0.05, 0.1) is 36.1 Å². The maximum Gasteiger partial charge on any atom is 0.339 e. The fourth-order valence-corrected chi connectivity index (χ4v) is 6.03. The lowest BCUT2D eigenvalue weighted by atomic mass is 9.96. The van der Waals surface area contributed by atoms with Crippen molar-refractivity contribution in [2.45, 2.75) is 46.2 Å². The predicted octanol–water partition coefficient (Wildman–Crippen LogP) is 5.89. The van der Waals surface area contributed by atoms with Gasteiger partial charge in [-0.05, 0) is 93.0 Å². The molecule has 2 unspecified atom stereocenters. The number of nitrogens with one attached hydrogen (secondary N) is 2. The molecule has 5 rings (SSSR count). The summed E-state index contributed by atoms with van der Waals surface area (Å²) in [6, 6.07) is 20.9. The molecule has 2 aromatic carbocycles. The number of carbonyl (C=O) groups is 2. The Kier molecular flexibility index (Phi) is 8.40. The molecule has 1 aliphatic heterocycles. The third kappa shape index (κ3) is 5.65. The second-order valence-corrected chi connectivity index (χ2v) is 11.0. The number of hydrogen-bond acceptors (Lipinski definition) is 5. The fraction of sp³-hybridized carbons (Fsp3) is 0.273. The van der Waals surface area contributed by atoms with Gasteiger partial charge in [-0.1, -0.05) is 30.3 Å². The number of aromatic nitrogens is 2. The highest BCUT2D eigenvalue weighted by atomic mass is 32.1. The van der Waals surface area contributed by atoms with E-state index in [0.29, 0.717) is 17.2 Å². The van der Waals surface area contributed by atoms with Crippen molar-refractivity contribution in [2.24, 2.45) is 0 Å². The summed E-state index contributed by atoms with van der Waals surface area (Å²) in [5.74, 6) is -0.477. The summed E-state index contributed by atoms with van der Waals surface area (Å²) in [7, 11) is 1.39. The number of rotatable bonds is 8. The number of ether oxygens (including phenoxy) is 1. The second-order valence-electron chi connectivity index (χ2n) is 10.6. The van der Waals surface area contributed by atoms with Crippen LogP contribution in [0.2, 0.25) is 0 Å². The molecule has 0 radical (unpaired) electrons. The highest BCUT2D eigenvalue weighted by Crippen LogP contribution is 2.41. The third-order valence-electron chi connectivity index (χ3n) is 7.78. The first-order valence-electron chi connectivity index (χ1n) is 13.9. The molecule has 1 fully saturated rings. The molecule has 2 aromatic heterocycles. The molecule has 216 valence electrons. The largest absolute Gasteiger partial charge is 0.465 e. The SMILES string of the molecule is COC(=O)c1ccccc1-n1c(C)cc(C2C(c3ccccn3)NC(=S)N2CCC(=O)Nc2cc(C)ccc2C)c1C. The monoisotopic (exact) mass is 581 g/mol. The molecule has 42 heavy (non-hydrogen) atoms. The number of carbonyl (C=O) groups excluding carboxylic acids is 2. The van der Waals surface area contributed by atoms with Crippen molar-refractivity contribution in [2.75, 3.05) is 19.0 Å². The van der Waals surface area contributed by atoms with Crippen molar-refractivity contribution in [3.63, 3.8) is 0 Å². The molecule has 1 saturated heterocycles. The zero-order valence-electron chi connectivity index (χ0n) is 24.5. The van der Waals surface area contributed by atoms with Crippen molar-refractivity contribution in [3.8, 4) is 5.69 Å². The van der Waals surface area contributed by atoms with E-state index in [1.807, 2.05) is 82.3 Å². The number of benzene rings is 2. The molecule has 9 heteroatoms. The molecule has 0 aliphatic carbocycles. The summed E-state index contributed by atoms with van der Waals surface area (Å²) in [4.78, 5) is 32.5. The second kappa shape index (κ2) is 12.2. The number of esters is 1. The first-order chi connectivity index (χ1) is 20.2. The van der Waals surface area contributed by atoms with E-state index in [4.69, 9.17) is 17.0 Å². The molecule has 0 bridgehead atoms. The van der Waals surface area contributed by atoms with Gasteiger partial charge in [-0.15, -0.1) is 0 Å². The van der Waals surface area contributed by atoms with Crippen LogP contribution in [-0.2, 0) is 9.53 Å². The maximum absolute atomic E-state index is 13.1. The van der Waals surface area contributed by atoms with Crippen LogP contribution in [0.5, 0.6) is 0 Å². The lowest BCUT2D eigenvalue weighted by molar-refractivity contribution is -0.116. The van der Waals surface area contributed by atoms with Crippen molar-refractivity contribution in [1.82, 2.24) is 19.8 Å². The van der Waals surface area contributed by atoms with Crippen molar-refractivity contribution >= 4 is 34.9 Å². The number of pyridine rings is 1. The lowest BCUT2D eigenvalue weighted by Gasteiger charge is -2.28. The molecule has 2 N–H and O–H groups in total. The summed E-state index contributed by atoms with van der Waals surface area (Å²) in [5.41, 5.74) is 7.95. The van der Waals surface area contributed by atoms with Gasteiger partial charge in [0, 0.05) is 36.2 Å². The molecule has 1 amide bonds. The van der Waals surface area contributed by atoms with Gasteiger partial charge in [0.2, 0.25) is 5.91 Å². The molecule has 0 saturated carbocycles. The Morgan fingerprint density at radius 2 is 1.79 bits per heavy atom. The Bertz CT molecular complexity index is 1650. The first kappa shape index (κ1) is 29.0. The van der Waals surface area contributed by atoms with Gasteiger partial charge in [0.15, 0.2) is 5.11 Å².